The summed E-state index contributed by atoms with van der Waals surface area (Å²) in [5, 5.41) is 9.08. The highest BCUT2D eigenvalue weighted by molar-refractivity contribution is 5.52. The van der Waals surface area contributed by atoms with Crippen LogP contribution in [0.5, 0.6) is 0 Å². The molecule has 0 fully saturated rings. The Morgan fingerprint density at radius 1 is 1.04 bits per heavy atom. The van der Waals surface area contributed by atoms with Gasteiger partial charge in [0.05, 0.1) is 12.2 Å². The summed E-state index contributed by atoms with van der Waals surface area (Å²) >= 11 is 0. The van der Waals surface area contributed by atoms with Crippen molar-refractivity contribution in [2.24, 2.45) is 0 Å². The standard InChI is InChI=1S/C17H17F4NO/c1-2-22(10-12-3-6-14(18)7-4-12)15-8-5-13(11-23)16(9-15)17(19,20)21/h3-9,23H,2,10-11H2,1H3. The van der Waals surface area contributed by atoms with E-state index in [1.54, 1.807) is 23.1 Å². The molecule has 0 aromatic heterocycles. The minimum atomic E-state index is -4.52. The second-order valence-corrected chi connectivity index (χ2v) is 5.14. The van der Waals surface area contributed by atoms with E-state index in [2.05, 4.69) is 0 Å². The van der Waals surface area contributed by atoms with Crippen molar-refractivity contribution in [3.8, 4) is 0 Å². The number of halogens is 4. The van der Waals surface area contributed by atoms with E-state index in [1.807, 2.05) is 6.92 Å². The van der Waals surface area contributed by atoms with Crippen LogP contribution in [0, 0.1) is 5.82 Å². The number of aliphatic hydroxyl groups excluding tert-OH is 1. The van der Waals surface area contributed by atoms with Crippen molar-refractivity contribution in [2.45, 2.75) is 26.3 Å². The third-order valence-electron chi connectivity index (χ3n) is 3.60. The van der Waals surface area contributed by atoms with Crippen LogP contribution in [0.3, 0.4) is 0 Å². The van der Waals surface area contributed by atoms with E-state index in [4.69, 9.17) is 5.11 Å². The fourth-order valence-corrected chi connectivity index (χ4v) is 2.36. The average molecular weight is 327 g/mol. The molecule has 0 spiro atoms. The molecule has 0 aliphatic rings. The summed E-state index contributed by atoms with van der Waals surface area (Å²) < 4.78 is 52.2. The van der Waals surface area contributed by atoms with Gasteiger partial charge < -0.3 is 10.0 Å². The van der Waals surface area contributed by atoms with Crippen LogP contribution in [0.25, 0.3) is 0 Å². The predicted octanol–water partition coefficient (Wildman–Crippen LogP) is 4.36. The van der Waals surface area contributed by atoms with Crippen molar-refractivity contribution in [1.82, 2.24) is 0 Å². The zero-order chi connectivity index (χ0) is 17.0. The van der Waals surface area contributed by atoms with Crippen LogP contribution in [0.1, 0.15) is 23.6 Å². The number of hydrogen-bond acceptors (Lipinski definition) is 2. The third-order valence-corrected chi connectivity index (χ3v) is 3.60. The molecule has 1 N–H and O–H groups in total. The molecule has 0 bridgehead atoms. The zero-order valence-electron chi connectivity index (χ0n) is 12.6. The Kier molecular flexibility index (Phi) is 5.26. The van der Waals surface area contributed by atoms with Gasteiger partial charge in [-0.2, -0.15) is 13.2 Å². The lowest BCUT2D eigenvalue weighted by Crippen LogP contribution is -2.23. The van der Waals surface area contributed by atoms with Gasteiger partial charge in [0, 0.05) is 18.8 Å². The molecule has 0 aliphatic heterocycles. The molecule has 2 aromatic rings. The summed E-state index contributed by atoms with van der Waals surface area (Å²) in [6.07, 6.45) is -4.52. The van der Waals surface area contributed by atoms with Crippen molar-refractivity contribution in [1.29, 1.82) is 0 Å². The SMILES string of the molecule is CCN(Cc1ccc(F)cc1)c1ccc(CO)c(C(F)(F)F)c1. The fraction of sp³-hybridized carbons (Fsp3) is 0.294. The molecule has 0 radical (unpaired) electrons. The van der Waals surface area contributed by atoms with Crippen molar-refractivity contribution in [3.05, 3.63) is 65.0 Å². The molecule has 0 amide bonds. The van der Waals surface area contributed by atoms with Crippen LogP contribution in [-0.4, -0.2) is 11.7 Å². The highest BCUT2D eigenvalue weighted by Gasteiger charge is 2.33. The summed E-state index contributed by atoms with van der Waals surface area (Å²) in [6.45, 7) is 2.02. The minimum absolute atomic E-state index is 0.154. The highest BCUT2D eigenvalue weighted by atomic mass is 19.4. The zero-order valence-corrected chi connectivity index (χ0v) is 12.6. The summed E-state index contributed by atoms with van der Waals surface area (Å²) in [5.41, 5.74) is 0.212. The molecule has 2 aromatic carbocycles. The number of rotatable bonds is 5. The van der Waals surface area contributed by atoms with Crippen molar-refractivity contribution in [3.63, 3.8) is 0 Å². The number of benzene rings is 2. The monoisotopic (exact) mass is 327 g/mol. The van der Waals surface area contributed by atoms with Crippen LogP contribution in [0.4, 0.5) is 23.2 Å². The topological polar surface area (TPSA) is 23.5 Å². The molecule has 6 heteroatoms. The summed E-state index contributed by atoms with van der Waals surface area (Å²) in [5.74, 6) is -0.358. The lowest BCUT2D eigenvalue weighted by molar-refractivity contribution is -0.138. The summed E-state index contributed by atoms with van der Waals surface area (Å²) in [7, 11) is 0. The van der Waals surface area contributed by atoms with E-state index >= 15 is 0 Å². The smallest absolute Gasteiger partial charge is 0.392 e. The van der Waals surface area contributed by atoms with Crippen LogP contribution in [0.2, 0.25) is 0 Å². The number of alkyl halides is 3. The van der Waals surface area contributed by atoms with E-state index in [1.165, 1.54) is 18.2 Å². The number of hydrogen-bond donors (Lipinski definition) is 1. The first-order valence-corrected chi connectivity index (χ1v) is 7.15. The molecule has 23 heavy (non-hydrogen) atoms. The average Bonchev–Trinajstić information content (AvgIpc) is 2.53. The second-order valence-electron chi connectivity index (χ2n) is 5.14. The summed E-state index contributed by atoms with van der Waals surface area (Å²) in [4.78, 5) is 1.75. The van der Waals surface area contributed by atoms with Crippen LogP contribution >= 0.6 is 0 Å². The molecule has 0 aliphatic carbocycles. The second kappa shape index (κ2) is 7.00. The highest BCUT2D eigenvalue weighted by Crippen LogP contribution is 2.35. The Bertz CT molecular complexity index is 653. The van der Waals surface area contributed by atoms with E-state index in [9.17, 15) is 17.6 Å². The first-order valence-electron chi connectivity index (χ1n) is 7.15. The molecule has 0 atom stereocenters. The molecule has 124 valence electrons. The van der Waals surface area contributed by atoms with Gasteiger partial charge in [-0.15, -0.1) is 0 Å². The van der Waals surface area contributed by atoms with E-state index in [0.29, 0.717) is 18.8 Å². The molecule has 0 heterocycles. The lowest BCUT2D eigenvalue weighted by Gasteiger charge is -2.25. The predicted molar refractivity (Wildman–Crippen MR) is 80.5 cm³/mol. The van der Waals surface area contributed by atoms with Crippen molar-refractivity contribution >= 4 is 5.69 Å². The van der Waals surface area contributed by atoms with Crippen molar-refractivity contribution in [2.75, 3.05) is 11.4 Å². The molecular weight excluding hydrogens is 310 g/mol. The van der Waals surface area contributed by atoms with Gasteiger partial charge >= 0.3 is 6.18 Å². The maximum atomic E-state index is 13.1. The summed E-state index contributed by atoms with van der Waals surface area (Å²) in [6, 6.07) is 9.71. The Labute approximate surface area is 132 Å². The molecule has 0 saturated heterocycles. The molecule has 0 unspecified atom stereocenters. The Balaban J connectivity index is 2.32. The Hall–Kier alpha value is -2.08. The molecule has 2 nitrogen and oxygen atoms in total. The molecular formula is C17H17F4NO. The van der Waals surface area contributed by atoms with Crippen LogP contribution < -0.4 is 4.90 Å². The largest absolute Gasteiger partial charge is 0.416 e. The lowest BCUT2D eigenvalue weighted by atomic mass is 10.1. The normalized spacial score (nSPS) is 11.6. The van der Waals surface area contributed by atoms with E-state index < -0.39 is 18.3 Å². The Morgan fingerprint density at radius 2 is 1.70 bits per heavy atom. The number of anilines is 1. The quantitative estimate of drug-likeness (QED) is 0.825. The van der Waals surface area contributed by atoms with Gasteiger partial charge in [-0.3, -0.25) is 0 Å². The van der Waals surface area contributed by atoms with Gasteiger partial charge in [0.1, 0.15) is 5.82 Å². The Morgan fingerprint density at radius 3 is 2.22 bits per heavy atom. The van der Waals surface area contributed by atoms with Crippen molar-refractivity contribution < 1.29 is 22.7 Å². The van der Waals surface area contributed by atoms with Gasteiger partial charge in [-0.05, 0) is 42.3 Å². The number of aliphatic hydroxyl groups is 1. The number of nitrogens with zero attached hydrogens (tertiary/aromatic N) is 1. The van der Waals surface area contributed by atoms with Crippen LogP contribution in [-0.2, 0) is 19.3 Å². The first kappa shape index (κ1) is 17.3. The van der Waals surface area contributed by atoms with Gasteiger partial charge in [-0.1, -0.05) is 18.2 Å². The third kappa shape index (κ3) is 4.22. The van der Waals surface area contributed by atoms with Gasteiger partial charge in [0.25, 0.3) is 0 Å². The van der Waals surface area contributed by atoms with Gasteiger partial charge in [0.15, 0.2) is 0 Å². The van der Waals surface area contributed by atoms with Crippen LogP contribution in [0.15, 0.2) is 42.5 Å². The maximum absolute atomic E-state index is 13.1. The minimum Gasteiger partial charge on any atom is -0.392 e. The van der Waals surface area contributed by atoms with Gasteiger partial charge in [-0.25, -0.2) is 4.39 Å². The van der Waals surface area contributed by atoms with E-state index in [-0.39, 0.29) is 11.4 Å². The maximum Gasteiger partial charge on any atom is 0.416 e. The first-order chi connectivity index (χ1) is 10.8. The fourth-order valence-electron chi connectivity index (χ4n) is 2.36. The molecule has 2 rings (SSSR count). The van der Waals surface area contributed by atoms with E-state index in [0.717, 1.165) is 11.6 Å². The van der Waals surface area contributed by atoms with Gasteiger partial charge in [0.2, 0.25) is 0 Å². The molecule has 0 saturated carbocycles.